The fraction of sp³-hybridized carbons (Fsp3) is 0.318. The van der Waals surface area contributed by atoms with E-state index in [1.165, 1.54) is 0 Å². The fourth-order valence-corrected chi connectivity index (χ4v) is 4.31. The van der Waals surface area contributed by atoms with Gasteiger partial charge in [0.1, 0.15) is 19.0 Å². The van der Waals surface area contributed by atoms with Gasteiger partial charge in [-0.15, -0.1) is 0 Å². The van der Waals surface area contributed by atoms with Gasteiger partial charge in [-0.25, -0.2) is 15.0 Å². The first kappa shape index (κ1) is 26.3. The van der Waals surface area contributed by atoms with E-state index in [9.17, 15) is 8.42 Å². The number of halogens is 2. The van der Waals surface area contributed by atoms with Crippen molar-refractivity contribution in [1.82, 2.24) is 19.4 Å². The minimum atomic E-state index is -3.82. The minimum Gasteiger partial charge on any atom is -0.490 e. The number of rotatable bonds is 11. The average molecular weight is 615 g/mol. The third-order valence-corrected chi connectivity index (χ3v) is 6.39. The van der Waals surface area contributed by atoms with Gasteiger partial charge in [0.2, 0.25) is 0 Å². The lowest BCUT2D eigenvalue weighted by molar-refractivity contribution is 0.158. The maximum absolute atomic E-state index is 12.6. The Morgan fingerprint density at radius 3 is 2.41 bits per heavy atom. The normalized spacial score (nSPS) is 18.9. The van der Waals surface area contributed by atoms with Crippen molar-refractivity contribution >= 4 is 53.9 Å². The van der Waals surface area contributed by atoms with Gasteiger partial charge in [-0.1, -0.05) is 35.0 Å². The quantitative estimate of drug-likeness (QED) is 0.364. The van der Waals surface area contributed by atoms with Gasteiger partial charge in [0, 0.05) is 29.6 Å². The second-order valence-electron chi connectivity index (χ2n) is 7.07. The molecule has 182 valence electrons. The molecule has 0 unspecified atom stereocenters. The van der Waals surface area contributed by atoms with E-state index in [2.05, 4.69) is 56.3 Å². The van der Waals surface area contributed by atoms with Gasteiger partial charge in [0.05, 0.1) is 10.0 Å². The summed E-state index contributed by atoms with van der Waals surface area (Å²) >= 11 is 6.72. The van der Waals surface area contributed by atoms with Gasteiger partial charge in [-0.3, -0.25) is 4.72 Å². The zero-order valence-corrected chi connectivity index (χ0v) is 22.5. The van der Waals surface area contributed by atoms with Crippen molar-refractivity contribution in [3.63, 3.8) is 0 Å². The van der Waals surface area contributed by atoms with E-state index in [0.717, 1.165) is 14.5 Å². The number of allylic oxidation sites excluding steroid dienone is 2. The van der Waals surface area contributed by atoms with Crippen molar-refractivity contribution < 1.29 is 17.9 Å². The maximum atomic E-state index is 12.6. The second-order valence-corrected chi connectivity index (χ2v) is 10.4. The van der Waals surface area contributed by atoms with E-state index in [-0.39, 0.29) is 25.0 Å². The topological polar surface area (TPSA) is 115 Å². The second kappa shape index (κ2) is 13.0. The largest absolute Gasteiger partial charge is 0.490 e. The van der Waals surface area contributed by atoms with Crippen molar-refractivity contribution in [2.75, 3.05) is 19.8 Å². The molecule has 3 rings (SSSR count). The molecule has 1 aliphatic heterocycles. The summed E-state index contributed by atoms with van der Waals surface area (Å²) in [7, 11) is -3.82. The molecule has 0 saturated carbocycles. The van der Waals surface area contributed by atoms with E-state index in [1.54, 1.807) is 18.6 Å². The molecule has 9 nitrogen and oxygen atoms in total. The van der Waals surface area contributed by atoms with Gasteiger partial charge in [0.25, 0.3) is 10.2 Å². The Morgan fingerprint density at radius 1 is 1.00 bits per heavy atom. The molecule has 34 heavy (non-hydrogen) atoms. The lowest BCUT2D eigenvalue weighted by Crippen LogP contribution is -2.36. The molecule has 1 aromatic heterocycles. The van der Waals surface area contributed by atoms with Crippen LogP contribution in [0.4, 0.5) is 0 Å². The van der Waals surface area contributed by atoms with Gasteiger partial charge < -0.3 is 9.47 Å². The van der Waals surface area contributed by atoms with Crippen LogP contribution in [-0.4, -0.2) is 44.4 Å². The van der Waals surface area contributed by atoms with Crippen molar-refractivity contribution in [2.45, 2.75) is 26.2 Å². The average Bonchev–Trinajstić information content (AvgIpc) is 2.80. The van der Waals surface area contributed by atoms with E-state index in [4.69, 9.17) is 9.47 Å². The molecule has 0 atom stereocenters. The zero-order chi connectivity index (χ0) is 24.4. The highest BCUT2D eigenvalue weighted by atomic mass is 79.9. The number of nitrogens with one attached hydrogen (secondary N) is 2. The number of hydrogen-bond acceptors (Lipinski definition) is 7. The summed E-state index contributed by atoms with van der Waals surface area (Å²) in [5.74, 6) is 0.682. The van der Waals surface area contributed by atoms with E-state index < -0.39 is 10.2 Å². The molecule has 12 heteroatoms. The van der Waals surface area contributed by atoms with Crippen LogP contribution in [0.1, 0.15) is 31.7 Å². The van der Waals surface area contributed by atoms with Crippen LogP contribution in [0, 0.1) is 0 Å². The Morgan fingerprint density at radius 2 is 1.71 bits per heavy atom. The number of benzene rings is 1. The van der Waals surface area contributed by atoms with Gasteiger partial charge in [-0.2, -0.15) is 13.1 Å². The number of aliphatic imine (C=N–C) groups is 1. The van der Waals surface area contributed by atoms with Crippen LogP contribution in [0.5, 0.6) is 6.01 Å². The highest BCUT2D eigenvalue weighted by Crippen LogP contribution is 2.30. The lowest BCUT2D eigenvalue weighted by Gasteiger charge is -2.20. The van der Waals surface area contributed by atoms with Crippen LogP contribution >= 0.6 is 31.9 Å². The summed E-state index contributed by atoms with van der Waals surface area (Å²) < 4.78 is 43.5. The molecule has 0 aliphatic carbocycles. The van der Waals surface area contributed by atoms with Crippen molar-refractivity contribution in [1.29, 1.82) is 0 Å². The monoisotopic (exact) mass is 613 g/mol. The molecule has 0 fully saturated rings. The number of aromatic nitrogens is 2. The molecule has 1 aromatic carbocycles. The first-order valence-corrected chi connectivity index (χ1v) is 13.7. The zero-order valence-electron chi connectivity index (χ0n) is 18.5. The lowest BCUT2D eigenvalue weighted by atomic mass is 10.0. The summed E-state index contributed by atoms with van der Waals surface area (Å²) in [4.78, 5) is 12.6. The molecular formula is C22H25Br2N5O4S. The van der Waals surface area contributed by atoms with Crippen molar-refractivity contribution in [3.8, 4) is 6.01 Å². The van der Waals surface area contributed by atoms with Gasteiger partial charge >= 0.3 is 6.01 Å². The van der Waals surface area contributed by atoms with Crippen LogP contribution in [0.25, 0.3) is 5.57 Å². The number of nitrogens with zero attached hydrogens (tertiary/aromatic N) is 3. The number of ether oxygens (including phenoxy) is 2. The highest BCUT2D eigenvalue weighted by molar-refractivity contribution is 9.10. The van der Waals surface area contributed by atoms with Crippen LogP contribution in [0.2, 0.25) is 0 Å². The fourth-order valence-electron chi connectivity index (χ4n) is 2.89. The molecule has 2 aromatic rings. The smallest absolute Gasteiger partial charge is 0.316 e. The van der Waals surface area contributed by atoms with Crippen LogP contribution in [-0.2, 0) is 14.9 Å². The summed E-state index contributed by atoms with van der Waals surface area (Å²) in [6.07, 6.45) is 8.79. The molecule has 0 radical (unpaired) electrons. The Hall–Kier alpha value is -2.28. The highest BCUT2D eigenvalue weighted by Gasteiger charge is 2.21. The van der Waals surface area contributed by atoms with Gasteiger partial charge in [0.15, 0.2) is 5.82 Å². The Labute approximate surface area is 216 Å². The predicted octanol–water partition coefficient (Wildman–Crippen LogP) is 4.35. The maximum Gasteiger partial charge on any atom is 0.316 e. The predicted molar refractivity (Wildman–Crippen MR) is 138 cm³/mol. The van der Waals surface area contributed by atoms with Crippen LogP contribution in [0.3, 0.4) is 0 Å². The Kier molecular flexibility index (Phi) is 10.1. The van der Waals surface area contributed by atoms with E-state index >= 15 is 0 Å². The van der Waals surface area contributed by atoms with Crippen molar-refractivity contribution in [2.24, 2.45) is 4.99 Å². The third-order valence-electron chi connectivity index (χ3n) is 4.40. The molecule has 0 saturated heterocycles. The molecule has 0 spiro atoms. The van der Waals surface area contributed by atoms with Crippen molar-refractivity contribution in [3.05, 3.63) is 68.8 Å². The molecule has 1 aliphatic rings. The first-order chi connectivity index (χ1) is 16.4. The SMILES string of the molecule is CCCNS(=O)(=O)NC1=C(c2ccc(Br)cc2)/C(OCCOc2ncc(Br)cn2)=C\CC/C=N\1. The minimum absolute atomic E-state index is 0.175. The standard InChI is InChI=1S/C22H25Br2N5O4S/c1-2-10-28-34(30,31)29-21-20(16-6-8-17(23)9-7-16)19(5-3-4-11-25-21)32-12-13-33-22-26-14-18(24)15-27-22/h5-9,11,14-15,28-29H,2-4,10,12-13H2,1H3/b19-5+,21-20+,25-11-. The molecule has 2 heterocycles. The molecule has 0 amide bonds. The summed E-state index contributed by atoms with van der Waals surface area (Å²) in [5, 5.41) is 0. The molecular weight excluding hydrogens is 590 g/mol. The van der Waals surface area contributed by atoms with E-state index in [1.807, 2.05) is 37.3 Å². The third kappa shape index (κ3) is 8.19. The molecule has 0 bridgehead atoms. The summed E-state index contributed by atoms with van der Waals surface area (Å²) in [6, 6.07) is 7.72. The van der Waals surface area contributed by atoms with Crippen LogP contribution < -0.4 is 14.2 Å². The van der Waals surface area contributed by atoms with Gasteiger partial charge in [-0.05, 0) is 59.0 Å². The van der Waals surface area contributed by atoms with E-state index in [0.29, 0.717) is 37.1 Å². The van der Waals surface area contributed by atoms with Crippen LogP contribution in [0.15, 0.2) is 68.3 Å². The number of hydrogen-bond donors (Lipinski definition) is 2. The summed E-state index contributed by atoms with van der Waals surface area (Å²) in [5.41, 5.74) is 1.28. The molecule has 2 N–H and O–H groups in total. The Balaban J connectivity index is 1.87. The summed E-state index contributed by atoms with van der Waals surface area (Å²) in [6.45, 7) is 2.60. The first-order valence-electron chi connectivity index (χ1n) is 10.6. The Bertz CT molecular complexity index is 1150.